The van der Waals surface area contributed by atoms with Gasteiger partial charge in [0.25, 0.3) is 0 Å². The SMILES string of the molecule is CCc1cc[n+](CC(=O)c2[nH]c(C)c(C(C)=O)c2C)cc1. The molecule has 0 saturated heterocycles. The van der Waals surface area contributed by atoms with Crippen molar-refractivity contribution >= 4 is 11.6 Å². The topological polar surface area (TPSA) is 53.8 Å². The molecule has 0 amide bonds. The second kappa shape index (κ2) is 6.04. The molecule has 4 heteroatoms. The van der Waals surface area contributed by atoms with Crippen LogP contribution in [0.25, 0.3) is 0 Å². The summed E-state index contributed by atoms with van der Waals surface area (Å²) in [4.78, 5) is 27.1. The number of aryl methyl sites for hydroxylation is 2. The third kappa shape index (κ3) is 3.10. The summed E-state index contributed by atoms with van der Waals surface area (Å²) in [5, 5.41) is 0. The van der Waals surface area contributed by atoms with Crippen LogP contribution >= 0.6 is 0 Å². The molecule has 0 saturated carbocycles. The number of hydrogen-bond donors (Lipinski definition) is 1. The molecule has 0 fully saturated rings. The summed E-state index contributed by atoms with van der Waals surface area (Å²) < 4.78 is 1.85. The Morgan fingerprint density at radius 2 is 1.81 bits per heavy atom. The van der Waals surface area contributed by atoms with E-state index in [0.717, 1.165) is 17.7 Å². The number of H-pyrrole nitrogens is 1. The van der Waals surface area contributed by atoms with Crippen LogP contribution in [0.15, 0.2) is 24.5 Å². The molecular weight excluding hydrogens is 264 g/mol. The number of ketones is 2. The Balaban J connectivity index is 2.24. The number of nitrogens with zero attached hydrogens (tertiary/aromatic N) is 1. The maximum Gasteiger partial charge on any atom is 0.243 e. The lowest BCUT2D eigenvalue weighted by atomic mass is 10.1. The van der Waals surface area contributed by atoms with E-state index in [-0.39, 0.29) is 18.1 Å². The predicted molar refractivity (Wildman–Crippen MR) is 80.6 cm³/mol. The summed E-state index contributed by atoms with van der Waals surface area (Å²) in [7, 11) is 0. The number of hydrogen-bond acceptors (Lipinski definition) is 2. The first-order valence-electron chi connectivity index (χ1n) is 7.15. The van der Waals surface area contributed by atoms with Crippen LogP contribution < -0.4 is 4.57 Å². The Bertz CT molecular complexity index is 682. The molecule has 2 heterocycles. The highest BCUT2D eigenvalue weighted by Crippen LogP contribution is 2.18. The van der Waals surface area contributed by atoms with Crippen LogP contribution in [0.4, 0.5) is 0 Å². The zero-order chi connectivity index (χ0) is 15.6. The molecule has 0 aliphatic rings. The van der Waals surface area contributed by atoms with Gasteiger partial charge >= 0.3 is 0 Å². The van der Waals surface area contributed by atoms with Crippen molar-refractivity contribution in [2.45, 2.75) is 40.7 Å². The fraction of sp³-hybridized carbons (Fsp3) is 0.353. The Hall–Kier alpha value is -2.23. The molecule has 2 rings (SSSR count). The number of carbonyl (C=O) groups is 2. The van der Waals surface area contributed by atoms with Crippen molar-refractivity contribution in [1.29, 1.82) is 0 Å². The van der Waals surface area contributed by atoms with Gasteiger partial charge in [0.1, 0.15) is 0 Å². The first kappa shape index (κ1) is 15.2. The third-order valence-electron chi connectivity index (χ3n) is 3.76. The van der Waals surface area contributed by atoms with E-state index in [1.54, 1.807) is 0 Å². The first-order chi connectivity index (χ1) is 9.93. The monoisotopic (exact) mass is 285 g/mol. The van der Waals surface area contributed by atoms with Crippen LogP contribution in [0.2, 0.25) is 0 Å². The van der Waals surface area contributed by atoms with E-state index in [1.807, 2.05) is 42.9 Å². The number of aromatic nitrogens is 2. The van der Waals surface area contributed by atoms with Gasteiger partial charge in [-0.2, -0.15) is 4.57 Å². The Kier molecular flexibility index (Phi) is 4.36. The van der Waals surface area contributed by atoms with Crippen LogP contribution in [-0.2, 0) is 13.0 Å². The van der Waals surface area contributed by atoms with Gasteiger partial charge in [-0.1, -0.05) is 6.92 Å². The largest absolute Gasteiger partial charge is 0.355 e. The minimum absolute atomic E-state index is 0.0137. The van der Waals surface area contributed by atoms with Crippen molar-refractivity contribution in [3.05, 3.63) is 52.6 Å². The Morgan fingerprint density at radius 1 is 1.19 bits per heavy atom. The van der Waals surface area contributed by atoms with Crippen LogP contribution in [-0.4, -0.2) is 16.6 Å². The normalized spacial score (nSPS) is 10.7. The molecular formula is C17H21N2O2+. The average molecular weight is 285 g/mol. The standard InChI is InChI=1S/C17H20N2O2/c1-5-14-6-8-19(9-7-14)10-15(21)17-11(2)16(13(4)20)12(3)18-17/h6-9H,5,10H2,1-4H3/p+1. The fourth-order valence-electron chi connectivity index (χ4n) is 2.63. The zero-order valence-electron chi connectivity index (χ0n) is 13.0. The maximum absolute atomic E-state index is 12.4. The highest BCUT2D eigenvalue weighted by molar-refractivity contribution is 6.02. The van der Waals surface area contributed by atoms with Crippen LogP contribution in [0, 0.1) is 13.8 Å². The van der Waals surface area contributed by atoms with Crippen LogP contribution in [0.1, 0.15) is 51.5 Å². The van der Waals surface area contributed by atoms with Crippen molar-refractivity contribution in [3.63, 3.8) is 0 Å². The summed E-state index contributed by atoms with van der Waals surface area (Å²) >= 11 is 0. The molecule has 4 nitrogen and oxygen atoms in total. The van der Waals surface area contributed by atoms with Crippen molar-refractivity contribution in [3.8, 4) is 0 Å². The quantitative estimate of drug-likeness (QED) is 0.678. The van der Waals surface area contributed by atoms with Gasteiger partial charge in [0.2, 0.25) is 12.3 Å². The molecule has 0 radical (unpaired) electrons. The lowest BCUT2D eigenvalue weighted by Crippen LogP contribution is -2.37. The maximum atomic E-state index is 12.4. The molecule has 0 atom stereocenters. The van der Waals surface area contributed by atoms with E-state index in [9.17, 15) is 9.59 Å². The summed E-state index contributed by atoms with van der Waals surface area (Å²) in [6.07, 6.45) is 4.80. The van der Waals surface area contributed by atoms with Crippen LogP contribution in [0.3, 0.4) is 0 Å². The van der Waals surface area contributed by atoms with Gasteiger partial charge < -0.3 is 4.98 Å². The molecule has 0 aliphatic heterocycles. The fourth-order valence-corrected chi connectivity index (χ4v) is 2.63. The summed E-state index contributed by atoms with van der Waals surface area (Å²) in [5.41, 5.74) is 3.91. The van der Waals surface area contributed by atoms with Crippen molar-refractivity contribution in [1.82, 2.24) is 4.98 Å². The molecule has 110 valence electrons. The predicted octanol–water partition coefficient (Wildman–Crippen LogP) is 2.57. The van der Waals surface area contributed by atoms with Gasteiger partial charge in [-0.05, 0) is 38.3 Å². The van der Waals surface area contributed by atoms with Crippen molar-refractivity contribution in [2.24, 2.45) is 0 Å². The molecule has 21 heavy (non-hydrogen) atoms. The van der Waals surface area contributed by atoms with Gasteiger partial charge in [-0.25, -0.2) is 0 Å². The second-order valence-electron chi connectivity index (χ2n) is 5.34. The Morgan fingerprint density at radius 3 is 2.29 bits per heavy atom. The molecule has 0 aliphatic carbocycles. The summed E-state index contributed by atoms with van der Waals surface area (Å²) in [5.74, 6) is -0.0300. The number of aromatic amines is 1. The number of nitrogens with one attached hydrogen (secondary N) is 1. The van der Waals surface area contributed by atoms with E-state index in [4.69, 9.17) is 0 Å². The third-order valence-corrected chi connectivity index (χ3v) is 3.76. The number of Topliss-reactive ketones (excluding diaryl/α,β-unsaturated/α-hetero) is 2. The zero-order valence-corrected chi connectivity index (χ0v) is 13.0. The molecule has 2 aromatic rings. The highest BCUT2D eigenvalue weighted by Gasteiger charge is 2.21. The van der Waals surface area contributed by atoms with Gasteiger partial charge in [0.05, 0.1) is 5.69 Å². The molecule has 0 spiro atoms. The lowest BCUT2D eigenvalue weighted by molar-refractivity contribution is -0.683. The molecule has 0 aromatic carbocycles. The highest BCUT2D eigenvalue weighted by atomic mass is 16.1. The summed E-state index contributed by atoms with van der Waals surface area (Å²) in [6.45, 7) is 7.53. The number of carbonyl (C=O) groups excluding carboxylic acids is 2. The molecule has 0 bridgehead atoms. The van der Waals surface area contributed by atoms with E-state index in [0.29, 0.717) is 11.3 Å². The second-order valence-corrected chi connectivity index (χ2v) is 5.34. The lowest BCUT2D eigenvalue weighted by Gasteiger charge is -1.99. The first-order valence-corrected chi connectivity index (χ1v) is 7.15. The van der Waals surface area contributed by atoms with Gasteiger partial charge in [-0.3, -0.25) is 9.59 Å². The minimum Gasteiger partial charge on any atom is -0.355 e. The minimum atomic E-state index is -0.0163. The van der Waals surface area contributed by atoms with Crippen molar-refractivity contribution in [2.75, 3.05) is 0 Å². The van der Waals surface area contributed by atoms with Crippen molar-refractivity contribution < 1.29 is 14.2 Å². The van der Waals surface area contributed by atoms with Crippen LogP contribution in [0.5, 0.6) is 0 Å². The molecule has 2 aromatic heterocycles. The molecule has 1 N–H and O–H groups in total. The summed E-state index contributed by atoms with van der Waals surface area (Å²) in [6, 6.07) is 4.03. The van der Waals surface area contributed by atoms with E-state index < -0.39 is 0 Å². The Labute approximate surface area is 124 Å². The van der Waals surface area contributed by atoms with E-state index >= 15 is 0 Å². The van der Waals surface area contributed by atoms with E-state index in [1.165, 1.54) is 12.5 Å². The van der Waals surface area contributed by atoms with E-state index in [2.05, 4.69) is 11.9 Å². The van der Waals surface area contributed by atoms with Gasteiger partial charge in [0.15, 0.2) is 18.2 Å². The number of rotatable bonds is 5. The average Bonchev–Trinajstić information content (AvgIpc) is 2.75. The number of pyridine rings is 1. The molecule has 0 unspecified atom stereocenters. The smallest absolute Gasteiger partial charge is 0.243 e. The van der Waals surface area contributed by atoms with Gasteiger partial charge in [-0.15, -0.1) is 0 Å². The van der Waals surface area contributed by atoms with Gasteiger partial charge in [0, 0.05) is 23.4 Å².